The summed E-state index contributed by atoms with van der Waals surface area (Å²) in [7, 11) is 0. The predicted octanol–water partition coefficient (Wildman–Crippen LogP) is 3.91. The molecule has 18 heavy (non-hydrogen) atoms. The molecule has 2 rings (SSSR count). The highest BCUT2D eigenvalue weighted by atomic mass is 16.3. The van der Waals surface area contributed by atoms with Gasteiger partial charge in [-0.2, -0.15) is 0 Å². The molecule has 0 heterocycles. The fourth-order valence-corrected chi connectivity index (χ4v) is 2.46. The second-order valence-corrected chi connectivity index (χ2v) is 5.21. The second kappa shape index (κ2) is 5.38. The summed E-state index contributed by atoms with van der Waals surface area (Å²) in [6.07, 6.45) is 3.70. The van der Waals surface area contributed by atoms with Gasteiger partial charge in [0, 0.05) is 17.1 Å². The molecule has 0 aliphatic heterocycles. The smallest absolute Gasteiger partial charge is 0.165 e. The maximum Gasteiger partial charge on any atom is 0.165 e. The van der Waals surface area contributed by atoms with E-state index in [1.54, 1.807) is 0 Å². The zero-order valence-corrected chi connectivity index (χ0v) is 11.1. The average molecular weight is 244 g/mol. The van der Waals surface area contributed by atoms with E-state index in [4.69, 9.17) is 0 Å². The van der Waals surface area contributed by atoms with E-state index < -0.39 is 0 Å². The van der Waals surface area contributed by atoms with Crippen molar-refractivity contribution in [2.24, 2.45) is 5.92 Å². The van der Waals surface area contributed by atoms with E-state index >= 15 is 0 Å². The number of carbonyl (C=O) groups is 1. The molecular formula is C16H20O2. The highest BCUT2D eigenvalue weighted by Crippen LogP contribution is 2.29. The van der Waals surface area contributed by atoms with Gasteiger partial charge in [0.2, 0.25) is 0 Å². The van der Waals surface area contributed by atoms with Crippen LogP contribution in [0, 0.1) is 5.92 Å². The largest absolute Gasteiger partial charge is 0.507 e. The first kappa shape index (κ1) is 12.9. The Hall–Kier alpha value is -1.57. The summed E-state index contributed by atoms with van der Waals surface area (Å²) in [6, 6.07) is 7.84. The van der Waals surface area contributed by atoms with Crippen molar-refractivity contribution in [1.29, 1.82) is 0 Å². The van der Waals surface area contributed by atoms with Gasteiger partial charge in [0.15, 0.2) is 5.78 Å². The molecule has 0 fully saturated rings. The number of Topliss-reactive ketones (excluding diaryl/α,β-unsaturated/α-hetero) is 1. The monoisotopic (exact) mass is 244 g/mol. The molecule has 0 saturated heterocycles. The van der Waals surface area contributed by atoms with E-state index in [0.29, 0.717) is 12.0 Å². The number of hydrogen-bond donors (Lipinski definition) is 1. The Kier molecular flexibility index (Phi) is 3.85. The van der Waals surface area contributed by atoms with Crippen molar-refractivity contribution >= 4 is 11.5 Å². The maximum absolute atomic E-state index is 12.2. The summed E-state index contributed by atoms with van der Waals surface area (Å²) in [5, 5.41) is 10.4. The first-order valence-electron chi connectivity index (χ1n) is 6.66. The van der Waals surface area contributed by atoms with Crippen LogP contribution < -0.4 is 0 Å². The number of rotatable bonds is 2. The molecule has 2 nitrogen and oxygen atoms in total. The summed E-state index contributed by atoms with van der Waals surface area (Å²) in [4.78, 5) is 12.2. The summed E-state index contributed by atoms with van der Waals surface area (Å²) in [5.41, 5.74) is 2.59. The molecule has 1 aliphatic rings. The number of ketones is 1. The minimum Gasteiger partial charge on any atom is -0.507 e. The van der Waals surface area contributed by atoms with Gasteiger partial charge in [-0.05, 0) is 31.2 Å². The van der Waals surface area contributed by atoms with Crippen LogP contribution in [-0.2, 0) is 11.2 Å². The van der Waals surface area contributed by atoms with Gasteiger partial charge in [-0.25, -0.2) is 0 Å². The number of carbonyl (C=O) groups excluding carboxylic acids is 1. The second-order valence-electron chi connectivity index (χ2n) is 5.21. The van der Waals surface area contributed by atoms with Gasteiger partial charge >= 0.3 is 0 Å². The number of aryl methyl sites for hydroxylation is 1. The summed E-state index contributed by atoms with van der Waals surface area (Å²) < 4.78 is 0. The molecule has 1 N–H and O–H groups in total. The number of aliphatic hydroxyl groups excluding tert-OH is 1. The number of fused-ring (bicyclic) bond motifs is 1. The van der Waals surface area contributed by atoms with Crippen LogP contribution in [-0.4, -0.2) is 10.9 Å². The van der Waals surface area contributed by atoms with E-state index in [1.165, 1.54) is 0 Å². The lowest BCUT2D eigenvalue weighted by molar-refractivity contribution is -0.118. The molecule has 1 aromatic rings. The van der Waals surface area contributed by atoms with Crippen molar-refractivity contribution in [3.05, 3.63) is 41.0 Å². The molecule has 0 amide bonds. The molecule has 0 unspecified atom stereocenters. The Morgan fingerprint density at radius 2 is 1.83 bits per heavy atom. The molecule has 96 valence electrons. The number of allylic oxidation sites excluding steroid dienone is 1. The van der Waals surface area contributed by atoms with E-state index in [-0.39, 0.29) is 17.5 Å². The average Bonchev–Trinajstić information content (AvgIpc) is 2.35. The quantitative estimate of drug-likeness (QED) is 0.856. The number of aliphatic hydroxyl groups is 1. The lowest BCUT2D eigenvalue weighted by Gasteiger charge is -2.18. The Labute approximate surface area is 108 Å². The van der Waals surface area contributed by atoms with Gasteiger partial charge in [-0.15, -0.1) is 0 Å². The molecule has 0 saturated carbocycles. The lowest BCUT2D eigenvalue weighted by Crippen LogP contribution is -2.14. The van der Waals surface area contributed by atoms with Gasteiger partial charge in [0.25, 0.3) is 0 Å². The Balaban J connectivity index is 2.52. The van der Waals surface area contributed by atoms with Crippen LogP contribution in [0.3, 0.4) is 0 Å². The topological polar surface area (TPSA) is 37.3 Å². The third-order valence-corrected chi connectivity index (χ3v) is 3.50. The van der Waals surface area contributed by atoms with Gasteiger partial charge in [0.1, 0.15) is 5.76 Å². The Morgan fingerprint density at radius 3 is 2.56 bits per heavy atom. The van der Waals surface area contributed by atoms with Gasteiger partial charge < -0.3 is 5.11 Å². The fourth-order valence-electron chi connectivity index (χ4n) is 2.46. The molecule has 0 radical (unpaired) electrons. The van der Waals surface area contributed by atoms with Crippen molar-refractivity contribution < 1.29 is 9.90 Å². The van der Waals surface area contributed by atoms with Crippen molar-refractivity contribution in [2.75, 3.05) is 0 Å². The van der Waals surface area contributed by atoms with Crippen LogP contribution in [0.4, 0.5) is 0 Å². The summed E-state index contributed by atoms with van der Waals surface area (Å²) >= 11 is 0. The highest BCUT2D eigenvalue weighted by Gasteiger charge is 2.21. The number of benzene rings is 1. The van der Waals surface area contributed by atoms with Crippen molar-refractivity contribution in [3.8, 4) is 0 Å². The maximum atomic E-state index is 12.2. The third-order valence-electron chi connectivity index (χ3n) is 3.50. The van der Waals surface area contributed by atoms with Gasteiger partial charge in [-0.3, -0.25) is 4.79 Å². The van der Waals surface area contributed by atoms with E-state index in [0.717, 1.165) is 30.4 Å². The minimum atomic E-state index is -0.0614. The van der Waals surface area contributed by atoms with Crippen molar-refractivity contribution in [3.63, 3.8) is 0 Å². The van der Waals surface area contributed by atoms with Crippen LogP contribution >= 0.6 is 0 Å². The van der Waals surface area contributed by atoms with Crippen molar-refractivity contribution in [1.82, 2.24) is 0 Å². The third kappa shape index (κ3) is 2.47. The molecule has 1 aromatic carbocycles. The van der Waals surface area contributed by atoms with Crippen LogP contribution in [0.2, 0.25) is 0 Å². The summed E-state index contributed by atoms with van der Waals surface area (Å²) in [5.74, 6) is 0.210. The Bertz CT molecular complexity index is 484. The van der Waals surface area contributed by atoms with Crippen LogP contribution in [0.15, 0.2) is 29.8 Å². The zero-order chi connectivity index (χ0) is 13.1. The predicted molar refractivity (Wildman–Crippen MR) is 73.4 cm³/mol. The first-order valence-corrected chi connectivity index (χ1v) is 6.66. The molecule has 0 atom stereocenters. The molecule has 2 heteroatoms. The van der Waals surface area contributed by atoms with Crippen molar-refractivity contribution in [2.45, 2.75) is 39.5 Å². The SMILES string of the molecule is CC(C)C(=O)/C1=C(\O)c2ccccc2CCCC1. The first-order chi connectivity index (χ1) is 8.61. The van der Waals surface area contributed by atoms with Crippen LogP contribution in [0.1, 0.15) is 44.2 Å². The van der Waals surface area contributed by atoms with E-state index in [9.17, 15) is 9.90 Å². The minimum absolute atomic E-state index is 0.0614. The zero-order valence-electron chi connectivity index (χ0n) is 11.1. The normalized spacial score (nSPS) is 20.2. The lowest BCUT2D eigenvalue weighted by atomic mass is 9.88. The highest BCUT2D eigenvalue weighted by molar-refractivity contribution is 6.02. The molecule has 0 aromatic heterocycles. The van der Waals surface area contributed by atoms with Gasteiger partial charge in [0.05, 0.1) is 0 Å². The van der Waals surface area contributed by atoms with E-state index in [2.05, 4.69) is 0 Å². The molecule has 0 spiro atoms. The Morgan fingerprint density at radius 1 is 1.17 bits per heavy atom. The van der Waals surface area contributed by atoms with Gasteiger partial charge in [-0.1, -0.05) is 38.1 Å². The number of hydrogen-bond acceptors (Lipinski definition) is 2. The molecule has 1 aliphatic carbocycles. The standard InChI is InChI=1S/C16H20O2/c1-11(2)15(17)14-10-6-4-8-12-7-3-5-9-13(12)16(14)18/h3,5,7,9,11,18H,4,6,8,10H2,1-2H3/b16-14-. The fraction of sp³-hybridized carbons (Fsp3) is 0.438. The summed E-state index contributed by atoms with van der Waals surface area (Å²) in [6.45, 7) is 3.76. The van der Waals surface area contributed by atoms with Crippen LogP contribution in [0.25, 0.3) is 5.76 Å². The molecule has 0 bridgehead atoms. The van der Waals surface area contributed by atoms with E-state index in [1.807, 2.05) is 38.1 Å². The molecular weight excluding hydrogens is 224 g/mol. The van der Waals surface area contributed by atoms with Crippen LogP contribution in [0.5, 0.6) is 0 Å².